The van der Waals surface area contributed by atoms with Crippen LogP contribution in [0.1, 0.15) is 49.4 Å². The second kappa shape index (κ2) is 5.80. The molecule has 0 amide bonds. The van der Waals surface area contributed by atoms with Crippen molar-refractivity contribution in [3.05, 3.63) is 35.8 Å². The molecule has 0 saturated carbocycles. The fourth-order valence-electron chi connectivity index (χ4n) is 2.21. The summed E-state index contributed by atoms with van der Waals surface area (Å²) in [5.41, 5.74) is 1.17. The van der Waals surface area contributed by atoms with Crippen LogP contribution >= 0.6 is 0 Å². The number of halogens is 1. The summed E-state index contributed by atoms with van der Waals surface area (Å²) in [6.45, 7) is 2.14. The van der Waals surface area contributed by atoms with E-state index in [9.17, 15) is 9.18 Å². The highest BCUT2D eigenvalue weighted by molar-refractivity contribution is 6.07. The molecule has 96 valence electrons. The molecule has 0 aliphatic carbocycles. The Morgan fingerprint density at radius 2 is 2.11 bits per heavy atom. The average molecular weight is 247 g/mol. The molecule has 0 bridgehead atoms. The molecule has 0 radical (unpaired) electrons. The zero-order chi connectivity index (χ0) is 13.0. The summed E-state index contributed by atoms with van der Waals surface area (Å²) in [4.78, 5) is 15.0. The first-order valence-electron chi connectivity index (χ1n) is 6.53. The summed E-state index contributed by atoms with van der Waals surface area (Å²) in [7, 11) is 0. The maximum atomic E-state index is 13.7. The SMILES string of the molecule is CCCCCCC(=O)c1c[nH]c2cccc(F)c12. The molecule has 0 unspecified atom stereocenters. The van der Waals surface area contributed by atoms with Gasteiger partial charge in [0.05, 0.1) is 0 Å². The second-order valence-electron chi connectivity index (χ2n) is 4.60. The Balaban J connectivity index is 2.13. The molecule has 0 spiro atoms. The molecule has 0 atom stereocenters. The predicted molar refractivity (Wildman–Crippen MR) is 71.3 cm³/mol. The number of hydrogen-bond acceptors (Lipinski definition) is 1. The van der Waals surface area contributed by atoms with Crippen LogP contribution in [0, 0.1) is 5.82 Å². The number of H-pyrrole nitrogens is 1. The van der Waals surface area contributed by atoms with Gasteiger partial charge in [-0.3, -0.25) is 4.79 Å². The molecular weight excluding hydrogens is 229 g/mol. The number of ketones is 1. The van der Waals surface area contributed by atoms with Crippen molar-refractivity contribution in [1.29, 1.82) is 0 Å². The predicted octanol–water partition coefficient (Wildman–Crippen LogP) is 4.46. The van der Waals surface area contributed by atoms with Crippen LogP contribution in [0.4, 0.5) is 4.39 Å². The lowest BCUT2D eigenvalue weighted by atomic mass is 10.0. The molecule has 2 aromatic rings. The van der Waals surface area contributed by atoms with Crippen molar-refractivity contribution in [1.82, 2.24) is 4.98 Å². The van der Waals surface area contributed by atoms with E-state index < -0.39 is 0 Å². The van der Waals surface area contributed by atoms with E-state index in [0.717, 1.165) is 25.7 Å². The largest absolute Gasteiger partial charge is 0.360 e. The van der Waals surface area contributed by atoms with Crippen LogP contribution in [0.25, 0.3) is 10.9 Å². The van der Waals surface area contributed by atoms with Gasteiger partial charge in [0.25, 0.3) is 0 Å². The van der Waals surface area contributed by atoms with Crippen molar-refractivity contribution >= 4 is 16.7 Å². The number of aromatic amines is 1. The van der Waals surface area contributed by atoms with Crippen molar-refractivity contribution in [2.75, 3.05) is 0 Å². The van der Waals surface area contributed by atoms with E-state index in [1.54, 1.807) is 18.3 Å². The quantitative estimate of drug-likeness (QED) is 0.593. The summed E-state index contributed by atoms with van der Waals surface area (Å²) in [6, 6.07) is 4.82. The molecule has 2 nitrogen and oxygen atoms in total. The highest BCUT2D eigenvalue weighted by Crippen LogP contribution is 2.23. The highest BCUT2D eigenvalue weighted by atomic mass is 19.1. The van der Waals surface area contributed by atoms with Crippen LogP contribution in [0.3, 0.4) is 0 Å². The normalized spacial score (nSPS) is 11.0. The van der Waals surface area contributed by atoms with Crippen LogP contribution in [0.15, 0.2) is 24.4 Å². The number of unbranched alkanes of at least 4 members (excludes halogenated alkanes) is 3. The van der Waals surface area contributed by atoms with Gasteiger partial charge in [0.15, 0.2) is 5.78 Å². The van der Waals surface area contributed by atoms with Crippen molar-refractivity contribution in [3.8, 4) is 0 Å². The molecule has 0 aliphatic rings. The summed E-state index contributed by atoms with van der Waals surface area (Å²) < 4.78 is 13.7. The molecule has 1 aromatic carbocycles. The number of carbonyl (C=O) groups excluding carboxylic acids is 1. The molecular formula is C15H18FNO. The van der Waals surface area contributed by atoms with Gasteiger partial charge in [-0.05, 0) is 18.6 Å². The minimum atomic E-state index is -0.328. The van der Waals surface area contributed by atoms with E-state index in [4.69, 9.17) is 0 Å². The summed E-state index contributed by atoms with van der Waals surface area (Å²) in [5.74, 6) is -0.298. The van der Waals surface area contributed by atoms with Crippen molar-refractivity contribution in [2.24, 2.45) is 0 Å². The van der Waals surface area contributed by atoms with E-state index in [1.165, 1.54) is 6.07 Å². The molecule has 0 saturated heterocycles. The topological polar surface area (TPSA) is 32.9 Å². The molecule has 1 N–H and O–H groups in total. The Hall–Kier alpha value is -1.64. The lowest BCUT2D eigenvalue weighted by molar-refractivity contribution is 0.0980. The zero-order valence-corrected chi connectivity index (χ0v) is 10.6. The Kier molecular flexibility index (Phi) is 4.13. The minimum Gasteiger partial charge on any atom is -0.360 e. The lowest BCUT2D eigenvalue weighted by Gasteiger charge is -2.00. The molecule has 18 heavy (non-hydrogen) atoms. The van der Waals surface area contributed by atoms with Crippen LogP contribution in [-0.2, 0) is 0 Å². The monoisotopic (exact) mass is 247 g/mol. The molecule has 0 fully saturated rings. The molecule has 0 aliphatic heterocycles. The average Bonchev–Trinajstić information content (AvgIpc) is 2.80. The number of nitrogens with one attached hydrogen (secondary N) is 1. The first kappa shape index (κ1) is 12.8. The third-order valence-corrected chi connectivity index (χ3v) is 3.21. The van der Waals surface area contributed by atoms with Gasteiger partial charge in [-0.25, -0.2) is 4.39 Å². The first-order valence-corrected chi connectivity index (χ1v) is 6.53. The lowest BCUT2D eigenvalue weighted by Crippen LogP contribution is -1.98. The second-order valence-corrected chi connectivity index (χ2v) is 4.60. The minimum absolute atomic E-state index is 0.0300. The molecule has 1 heterocycles. The Morgan fingerprint density at radius 3 is 2.89 bits per heavy atom. The number of benzene rings is 1. The molecule has 1 aromatic heterocycles. The number of fused-ring (bicyclic) bond motifs is 1. The van der Waals surface area contributed by atoms with E-state index in [0.29, 0.717) is 22.9 Å². The van der Waals surface area contributed by atoms with Gasteiger partial charge in [0.1, 0.15) is 5.82 Å². The fourth-order valence-corrected chi connectivity index (χ4v) is 2.21. The summed E-state index contributed by atoms with van der Waals surface area (Å²) in [6.07, 6.45) is 6.36. The molecule has 2 rings (SSSR count). The third kappa shape index (κ3) is 2.61. The Bertz CT molecular complexity index is 544. The maximum absolute atomic E-state index is 13.7. The summed E-state index contributed by atoms with van der Waals surface area (Å²) >= 11 is 0. The van der Waals surface area contributed by atoms with Gasteiger partial charge >= 0.3 is 0 Å². The van der Waals surface area contributed by atoms with Gasteiger partial charge in [0.2, 0.25) is 0 Å². The Labute approximate surface area is 106 Å². The van der Waals surface area contributed by atoms with Gasteiger partial charge in [-0.2, -0.15) is 0 Å². The zero-order valence-electron chi connectivity index (χ0n) is 10.6. The van der Waals surface area contributed by atoms with Crippen molar-refractivity contribution in [2.45, 2.75) is 39.0 Å². The van der Waals surface area contributed by atoms with E-state index in [-0.39, 0.29) is 11.6 Å². The van der Waals surface area contributed by atoms with E-state index in [2.05, 4.69) is 11.9 Å². The highest BCUT2D eigenvalue weighted by Gasteiger charge is 2.14. The number of hydrogen-bond donors (Lipinski definition) is 1. The van der Waals surface area contributed by atoms with E-state index in [1.807, 2.05) is 0 Å². The van der Waals surface area contributed by atoms with Gasteiger partial charge in [-0.1, -0.05) is 32.3 Å². The van der Waals surface area contributed by atoms with Crippen LogP contribution in [0.2, 0.25) is 0 Å². The smallest absolute Gasteiger partial charge is 0.165 e. The van der Waals surface area contributed by atoms with Gasteiger partial charge < -0.3 is 4.98 Å². The Morgan fingerprint density at radius 1 is 1.28 bits per heavy atom. The standard InChI is InChI=1S/C15H18FNO/c1-2-3-4-5-9-14(18)11-10-17-13-8-6-7-12(16)15(11)13/h6-8,10,17H,2-5,9H2,1H3. The van der Waals surface area contributed by atoms with Gasteiger partial charge in [-0.15, -0.1) is 0 Å². The van der Waals surface area contributed by atoms with Crippen molar-refractivity contribution < 1.29 is 9.18 Å². The van der Waals surface area contributed by atoms with Crippen LogP contribution in [0.5, 0.6) is 0 Å². The van der Waals surface area contributed by atoms with Crippen molar-refractivity contribution in [3.63, 3.8) is 0 Å². The summed E-state index contributed by atoms with van der Waals surface area (Å²) in [5, 5.41) is 0.429. The maximum Gasteiger partial charge on any atom is 0.165 e. The molecule has 3 heteroatoms. The van der Waals surface area contributed by atoms with E-state index >= 15 is 0 Å². The number of aromatic nitrogens is 1. The van der Waals surface area contributed by atoms with Crippen LogP contribution < -0.4 is 0 Å². The third-order valence-electron chi connectivity index (χ3n) is 3.21. The number of carbonyl (C=O) groups is 1. The van der Waals surface area contributed by atoms with Crippen LogP contribution in [-0.4, -0.2) is 10.8 Å². The number of rotatable bonds is 6. The van der Waals surface area contributed by atoms with Gasteiger partial charge in [0, 0.05) is 29.1 Å². The first-order chi connectivity index (χ1) is 8.74. The number of Topliss-reactive ketones (excluding diaryl/α,β-unsaturated/α-hetero) is 1. The fraction of sp³-hybridized carbons (Fsp3) is 0.400.